The molecule has 30 nitrogen and oxygen atoms in total. The number of rotatable bonds is 43. The molecule has 4 rings (SSSR count). The molecule has 0 bridgehead atoms. The highest BCUT2D eigenvalue weighted by Gasteiger charge is 2.52. The van der Waals surface area contributed by atoms with Gasteiger partial charge in [0.25, 0.3) is 11.8 Å². The molecule has 3 aliphatic heterocycles. The van der Waals surface area contributed by atoms with Crippen LogP contribution in [0.2, 0.25) is 0 Å². The lowest BCUT2D eigenvalue weighted by Crippen LogP contribution is -2.64. The summed E-state index contributed by atoms with van der Waals surface area (Å²) in [5.74, 6) is -2.93. The predicted molar refractivity (Wildman–Crippen MR) is 317 cm³/mol. The van der Waals surface area contributed by atoms with Gasteiger partial charge in [-0.3, -0.25) is 33.6 Å². The molecule has 89 heavy (non-hydrogen) atoms. The maximum atomic E-state index is 13.4. The van der Waals surface area contributed by atoms with E-state index in [1.54, 1.807) is 0 Å². The zero-order valence-electron chi connectivity index (χ0n) is 52.1. The quantitative estimate of drug-likeness (QED) is 0.0303. The van der Waals surface area contributed by atoms with E-state index >= 15 is 0 Å². The molecule has 0 aliphatic carbocycles. The minimum Gasteiger partial charge on any atom is -0.396 e. The first-order valence-electron chi connectivity index (χ1n) is 30.7. The number of amides is 7. The van der Waals surface area contributed by atoms with E-state index in [-0.39, 0.29) is 151 Å². The first-order valence-corrected chi connectivity index (χ1v) is 30.7. The summed E-state index contributed by atoms with van der Waals surface area (Å²) < 4.78 is 50.0. The molecule has 3 aliphatic rings. The number of ether oxygens (including phenoxy) is 9. The molecule has 1 aromatic rings. The van der Waals surface area contributed by atoms with Gasteiger partial charge >= 0.3 is 0 Å². The SMILES string of the molecule is CCC1(C)CN(C(=O)CCCCCCCCC(=O)NCC(=O)Nc2cc(C(=O)NCCOCCOCCOCCOC3O[C@H](CO)[C@H](O)[C@H](O)[C@H]3NC(C)=O)cc(C(=O)NCCOCCOCCOC3O[C@H](CO)[C@H](O)[C@H](O)[C@H]3NC(C)=O)c2)CC1(C)CO. The number of hydrogen-bond acceptors (Lipinski definition) is 23. The summed E-state index contributed by atoms with van der Waals surface area (Å²) in [6.45, 7) is 9.91. The fourth-order valence-electron chi connectivity index (χ4n) is 10.3. The highest BCUT2D eigenvalue weighted by molar-refractivity contribution is 6.03. The third-order valence-corrected chi connectivity index (χ3v) is 16.0. The van der Waals surface area contributed by atoms with Crippen LogP contribution in [0.15, 0.2) is 18.2 Å². The Labute approximate surface area is 520 Å². The van der Waals surface area contributed by atoms with Crippen LogP contribution in [0.4, 0.5) is 5.69 Å². The highest BCUT2D eigenvalue weighted by Crippen LogP contribution is 2.48. The van der Waals surface area contributed by atoms with Crippen molar-refractivity contribution < 1.29 is 112 Å². The largest absolute Gasteiger partial charge is 0.396 e. The zero-order valence-corrected chi connectivity index (χ0v) is 52.1. The van der Waals surface area contributed by atoms with Gasteiger partial charge in [0.2, 0.25) is 29.5 Å². The van der Waals surface area contributed by atoms with Crippen LogP contribution in [0.5, 0.6) is 0 Å². The highest BCUT2D eigenvalue weighted by atomic mass is 16.7. The maximum absolute atomic E-state index is 13.4. The van der Waals surface area contributed by atoms with Gasteiger partial charge in [0.15, 0.2) is 12.6 Å². The number of carbonyl (C=O) groups excluding carboxylic acids is 7. The van der Waals surface area contributed by atoms with Gasteiger partial charge in [-0.15, -0.1) is 0 Å². The summed E-state index contributed by atoms with van der Waals surface area (Å²) >= 11 is 0. The molecule has 1 aromatic carbocycles. The number of aliphatic hydroxyl groups is 7. The summed E-state index contributed by atoms with van der Waals surface area (Å²) in [6, 6.07) is 1.95. The van der Waals surface area contributed by atoms with Gasteiger partial charge in [-0.25, -0.2) is 0 Å². The second kappa shape index (κ2) is 40.7. The van der Waals surface area contributed by atoms with E-state index in [9.17, 15) is 69.3 Å². The lowest BCUT2D eigenvalue weighted by molar-refractivity contribution is -0.272. The molecule has 508 valence electrons. The van der Waals surface area contributed by atoms with Crippen molar-refractivity contribution in [2.24, 2.45) is 10.8 Å². The Morgan fingerprint density at radius 1 is 0.539 bits per heavy atom. The molecule has 3 heterocycles. The van der Waals surface area contributed by atoms with Crippen molar-refractivity contribution >= 4 is 47.0 Å². The van der Waals surface area contributed by atoms with E-state index in [4.69, 9.17) is 42.6 Å². The third-order valence-electron chi connectivity index (χ3n) is 16.0. The molecular formula is C59H99N7O23. The van der Waals surface area contributed by atoms with Gasteiger partial charge in [0.1, 0.15) is 48.7 Å². The standard InChI is InChI=1S/C59H99N7O23/c1-6-58(4)35-66(36-59(58,5)37-69)47(74)14-12-10-8-7-9-11-13-45(72)62-32-46(73)65-42-30-40(54(79)60-15-17-81-19-21-83-23-24-85-26-28-87-57-49(64-39(3)71)53(78)51(76)44(34-68)89-57)29-41(31-42)55(80)61-16-18-82-20-22-84-25-27-86-56-48(63-38(2)70)52(77)50(75)43(33-67)88-56/h29-31,43-44,48-53,56-57,67-69,75-78H,6-28,32-37H2,1-5H3,(H,60,79)(H,61,80)(H,62,72)(H,63,70)(H,64,71)(H,65,73)/t43-,44-,48-,49-,50+,51+,52-,53-,56?,57?,58?,59?/m1/s1. The molecular weight excluding hydrogens is 1170 g/mol. The van der Waals surface area contributed by atoms with Gasteiger partial charge in [0, 0.05) is 75.1 Å². The number of hydrogen-bond donors (Lipinski definition) is 13. The van der Waals surface area contributed by atoms with Gasteiger partial charge < -0.3 is 115 Å². The Hall–Kier alpha value is -5.13. The van der Waals surface area contributed by atoms with E-state index < -0.39 is 104 Å². The molecule has 3 saturated heterocycles. The Balaban J connectivity index is 1.16. The Morgan fingerprint density at radius 3 is 1.37 bits per heavy atom. The van der Waals surface area contributed by atoms with Crippen LogP contribution in [0.25, 0.3) is 0 Å². The number of carbonyl (C=O) groups is 7. The third kappa shape index (κ3) is 25.8. The molecule has 0 saturated carbocycles. The second-order valence-electron chi connectivity index (χ2n) is 22.8. The van der Waals surface area contributed by atoms with E-state index in [0.29, 0.717) is 25.9 Å². The average Bonchev–Trinajstić information content (AvgIpc) is 1.71. The smallest absolute Gasteiger partial charge is 0.251 e. The minimum atomic E-state index is -1.45. The fourth-order valence-corrected chi connectivity index (χ4v) is 10.3. The first-order chi connectivity index (χ1) is 42.6. The van der Waals surface area contributed by atoms with Gasteiger partial charge in [-0.2, -0.15) is 0 Å². The number of likely N-dealkylation sites (tertiary alicyclic amines) is 1. The van der Waals surface area contributed by atoms with Crippen molar-refractivity contribution in [3.8, 4) is 0 Å². The summed E-state index contributed by atoms with van der Waals surface area (Å²) in [5.41, 5.74) is -0.251. The molecule has 0 spiro atoms. The van der Waals surface area contributed by atoms with Crippen LogP contribution in [-0.2, 0) is 66.6 Å². The second-order valence-corrected chi connectivity index (χ2v) is 22.8. The van der Waals surface area contributed by atoms with Crippen LogP contribution in [0.1, 0.15) is 113 Å². The predicted octanol–water partition coefficient (Wildman–Crippen LogP) is -2.42. The number of anilines is 1. The van der Waals surface area contributed by atoms with Crippen LogP contribution in [-0.4, -0.2) is 275 Å². The zero-order chi connectivity index (χ0) is 65.4. The molecule has 13 N–H and O–H groups in total. The van der Waals surface area contributed by atoms with Crippen LogP contribution < -0.4 is 31.9 Å². The maximum Gasteiger partial charge on any atom is 0.251 e. The Bertz CT molecular complexity index is 2310. The molecule has 30 heteroatoms. The van der Waals surface area contributed by atoms with Crippen molar-refractivity contribution in [2.75, 3.05) is 137 Å². The number of benzene rings is 1. The van der Waals surface area contributed by atoms with E-state index in [2.05, 4.69) is 45.7 Å². The molecule has 7 amide bonds. The van der Waals surface area contributed by atoms with Crippen molar-refractivity contribution in [1.29, 1.82) is 0 Å². The number of unbranched alkanes of at least 4 members (excludes halogenated alkanes) is 5. The molecule has 3 fully saturated rings. The fraction of sp³-hybridized carbons (Fsp3) is 0.780. The van der Waals surface area contributed by atoms with Crippen molar-refractivity contribution in [3.05, 3.63) is 29.3 Å². The molecule has 4 unspecified atom stereocenters. The molecule has 0 aromatic heterocycles. The number of nitrogens with zero attached hydrogens (tertiary/aromatic N) is 1. The molecule has 0 radical (unpaired) electrons. The minimum absolute atomic E-state index is 0.00156. The average molecular weight is 1270 g/mol. The van der Waals surface area contributed by atoms with E-state index in [1.165, 1.54) is 32.0 Å². The Morgan fingerprint density at radius 2 is 0.955 bits per heavy atom. The summed E-state index contributed by atoms with van der Waals surface area (Å²) in [6.07, 6.45) is -3.92. The van der Waals surface area contributed by atoms with Crippen molar-refractivity contribution in [1.82, 2.24) is 31.5 Å². The lowest BCUT2D eigenvalue weighted by Gasteiger charge is -2.42. The van der Waals surface area contributed by atoms with Gasteiger partial charge in [0.05, 0.1) is 106 Å². The normalized spacial score (nSPS) is 25.9. The summed E-state index contributed by atoms with van der Waals surface area (Å²) in [4.78, 5) is 90.8. The Kier molecular flexibility index (Phi) is 34.9. The van der Waals surface area contributed by atoms with Crippen LogP contribution in [0, 0.1) is 10.8 Å². The van der Waals surface area contributed by atoms with E-state index in [0.717, 1.165) is 38.5 Å². The number of aliphatic hydroxyl groups excluding tert-OH is 7. The first kappa shape index (κ1) is 76.3. The van der Waals surface area contributed by atoms with Crippen LogP contribution >= 0.6 is 0 Å². The van der Waals surface area contributed by atoms with Crippen molar-refractivity contribution in [3.63, 3.8) is 0 Å². The van der Waals surface area contributed by atoms with Gasteiger partial charge in [-0.1, -0.05) is 46.5 Å². The van der Waals surface area contributed by atoms with Crippen LogP contribution in [0.3, 0.4) is 0 Å². The van der Waals surface area contributed by atoms with E-state index in [1.807, 2.05) is 11.8 Å². The van der Waals surface area contributed by atoms with Crippen molar-refractivity contribution in [2.45, 2.75) is 154 Å². The summed E-state index contributed by atoms with van der Waals surface area (Å²) in [5, 5.41) is 85.9. The van der Waals surface area contributed by atoms with Gasteiger partial charge in [-0.05, 0) is 42.9 Å². The summed E-state index contributed by atoms with van der Waals surface area (Å²) in [7, 11) is 0. The topological polar surface area (TPSA) is 420 Å². The molecule has 12 atom stereocenters. The monoisotopic (exact) mass is 1270 g/mol. The lowest BCUT2D eigenvalue weighted by atomic mass is 9.67. The number of nitrogens with one attached hydrogen (secondary N) is 6.